The molecule has 6 heteroatoms. The second-order valence-corrected chi connectivity index (χ2v) is 4.29. The van der Waals surface area contributed by atoms with E-state index in [1.165, 1.54) is 12.5 Å². The number of alkyl halides is 3. The predicted octanol–water partition coefficient (Wildman–Crippen LogP) is 3.01. The summed E-state index contributed by atoms with van der Waals surface area (Å²) in [6, 6.07) is 4.91. The average Bonchev–Trinajstić information content (AvgIpc) is 2.37. The number of nitrogens with zero attached hydrogens (tertiary/aromatic N) is 2. The molecule has 18 heavy (non-hydrogen) atoms. The molecule has 1 aromatic heterocycles. The highest BCUT2D eigenvalue weighted by Crippen LogP contribution is 2.21. The highest BCUT2D eigenvalue weighted by molar-refractivity contribution is 5.40. The summed E-state index contributed by atoms with van der Waals surface area (Å²) in [4.78, 5) is 6.18. The predicted molar refractivity (Wildman–Crippen MR) is 61.9 cm³/mol. The van der Waals surface area contributed by atoms with Crippen molar-refractivity contribution in [3.63, 3.8) is 0 Å². The molecule has 3 nitrogen and oxygen atoms in total. The summed E-state index contributed by atoms with van der Waals surface area (Å²) in [5.74, 6) is 0.713. The summed E-state index contributed by atoms with van der Waals surface area (Å²) in [6.07, 6.45) is -0.950. The largest absolute Gasteiger partial charge is 0.468 e. The number of piperidine rings is 1. The fourth-order valence-corrected chi connectivity index (χ4v) is 1.94. The Morgan fingerprint density at radius 2 is 1.89 bits per heavy atom. The molecular formula is C12H15F3N2O. The number of halogens is 3. The number of hydrogen-bond donors (Lipinski definition) is 0. The van der Waals surface area contributed by atoms with Crippen molar-refractivity contribution in [2.75, 3.05) is 24.6 Å². The molecule has 1 aromatic rings. The molecule has 0 N–H and O–H groups in total. The number of rotatable bonds is 3. The number of ether oxygens (including phenoxy) is 1. The number of aromatic nitrogens is 1. The van der Waals surface area contributed by atoms with Crippen LogP contribution in [0.3, 0.4) is 0 Å². The minimum atomic E-state index is -4.33. The molecular weight excluding hydrogens is 245 g/mol. The molecule has 0 saturated carbocycles. The van der Waals surface area contributed by atoms with Crippen LogP contribution >= 0.6 is 0 Å². The van der Waals surface area contributed by atoms with Gasteiger partial charge in [-0.3, -0.25) is 0 Å². The summed E-state index contributed by atoms with van der Waals surface area (Å²) in [5, 5.41) is 0. The van der Waals surface area contributed by atoms with Gasteiger partial charge in [0.15, 0.2) is 6.61 Å². The van der Waals surface area contributed by atoms with Crippen LogP contribution in [-0.2, 0) is 0 Å². The first-order valence-electron chi connectivity index (χ1n) is 5.96. The monoisotopic (exact) mass is 260 g/mol. The topological polar surface area (TPSA) is 25.4 Å². The standard InChI is InChI=1S/C12H15F3N2O/c13-12(14,15)9-18-11-6-4-5-10(16-11)17-7-2-1-3-8-17/h4-6H,1-3,7-9H2. The van der Waals surface area contributed by atoms with E-state index in [2.05, 4.69) is 14.6 Å². The first-order chi connectivity index (χ1) is 8.54. The van der Waals surface area contributed by atoms with E-state index in [4.69, 9.17) is 0 Å². The second kappa shape index (κ2) is 5.46. The van der Waals surface area contributed by atoms with Gasteiger partial charge >= 0.3 is 6.18 Å². The Kier molecular flexibility index (Phi) is 3.93. The fraction of sp³-hybridized carbons (Fsp3) is 0.583. The summed E-state index contributed by atoms with van der Waals surface area (Å²) in [5.41, 5.74) is 0. The number of hydrogen-bond acceptors (Lipinski definition) is 3. The Labute approximate surface area is 104 Å². The lowest BCUT2D eigenvalue weighted by Crippen LogP contribution is -2.30. The van der Waals surface area contributed by atoms with E-state index >= 15 is 0 Å². The van der Waals surface area contributed by atoms with Crippen LogP contribution < -0.4 is 9.64 Å². The van der Waals surface area contributed by atoms with Crippen molar-refractivity contribution in [3.8, 4) is 5.88 Å². The molecule has 1 saturated heterocycles. The molecule has 2 rings (SSSR count). The molecule has 0 atom stereocenters. The summed E-state index contributed by atoms with van der Waals surface area (Å²) < 4.78 is 40.7. The van der Waals surface area contributed by atoms with E-state index in [0.29, 0.717) is 5.82 Å². The Hall–Kier alpha value is -1.46. The zero-order valence-corrected chi connectivity index (χ0v) is 9.91. The van der Waals surface area contributed by atoms with Gasteiger partial charge < -0.3 is 9.64 Å². The van der Waals surface area contributed by atoms with Crippen LogP contribution in [0, 0.1) is 0 Å². The highest BCUT2D eigenvalue weighted by atomic mass is 19.4. The lowest BCUT2D eigenvalue weighted by atomic mass is 10.1. The van der Waals surface area contributed by atoms with E-state index in [-0.39, 0.29) is 5.88 Å². The van der Waals surface area contributed by atoms with Gasteiger partial charge in [-0.1, -0.05) is 6.07 Å². The maximum absolute atomic E-state index is 12.0. The lowest BCUT2D eigenvalue weighted by Gasteiger charge is -2.27. The Balaban J connectivity index is 2.00. The maximum Gasteiger partial charge on any atom is 0.422 e. The van der Waals surface area contributed by atoms with Gasteiger partial charge in [-0.25, -0.2) is 0 Å². The number of anilines is 1. The molecule has 0 aromatic carbocycles. The van der Waals surface area contributed by atoms with Crippen molar-refractivity contribution in [3.05, 3.63) is 18.2 Å². The summed E-state index contributed by atoms with van der Waals surface area (Å²) >= 11 is 0. The molecule has 1 fully saturated rings. The zero-order chi connectivity index (χ0) is 13.0. The molecule has 0 bridgehead atoms. The normalized spacial score (nSPS) is 16.7. The average molecular weight is 260 g/mol. The first-order valence-corrected chi connectivity index (χ1v) is 5.96. The maximum atomic E-state index is 12.0. The van der Waals surface area contributed by atoms with Crippen molar-refractivity contribution >= 4 is 5.82 Å². The SMILES string of the molecule is FC(F)(F)COc1cccc(N2CCCCC2)n1. The Morgan fingerprint density at radius 3 is 2.56 bits per heavy atom. The van der Waals surface area contributed by atoms with Gasteiger partial charge in [0.25, 0.3) is 0 Å². The van der Waals surface area contributed by atoms with Crippen LogP contribution in [0.2, 0.25) is 0 Å². The molecule has 100 valence electrons. The van der Waals surface area contributed by atoms with Crippen LogP contribution in [-0.4, -0.2) is 30.9 Å². The van der Waals surface area contributed by atoms with Gasteiger partial charge in [0.1, 0.15) is 5.82 Å². The Morgan fingerprint density at radius 1 is 1.17 bits per heavy atom. The second-order valence-electron chi connectivity index (χ2n) is 4.29. The van der Waals surface area contributed by atoms with Crippen LogP contribution in [0.4, 0.5) is 19.0 Å². The quantitative estimate of drug-likeness (QED) is 0.835. The van der Waals surface area contributed by atoms with E-state index in [9.17, 15) is 13.2 Å². The van der Waals surface area contributed by atoms with Crippen LogP contribution in [0.1, 0.15) is 19.3 Å². The molecule has 1 aliphatic heterocycles. The van der Waals surface area contributed by atoms with E-state index < -0.39 is 12.8 Å². The third-order valence-electron chi connectivity index (χ3n) is 2.77. The van der Waals surface area contributed by atoms with E-state index in [1.807, 2.05) is 0 Å². The van der Waals surface area contributed by atoms with Crippen molar-refractivity contribution in [1.29, 1.82) is 0 Å². The highest BCUT2D eigenvalue weighted by Gasteiger charge is 2.28. The van der Waals surface area contributed by atoms with Gasteiger partial charge in [0.05, 0.1) is 0 Å². The molecule has 0 amide bonds. The summed E-state index contributed by atoms with van der Waals surface area (Å²) in [6.45, 7) is 0.495. The van der Waals surface area contributed by atoms with Crippen molar-refractivity contribution < 1.29 is 17.9 Å². The van der Waals surface area contributed by atoms with Gasteiger partial charge in [-0.15, -0.1) is 0 Å². The lowest BCUT2D eigenvalue weighted by molar-refractivity contribution is -0.154. The fourth-order valence-electron chi connectivity index (χ4n) is 1.94. The Bertz CT molecular complexity index is 389. The van der Waals surface area contributed by atoms with Crippen molar-refractivity contribution in [2.24, 2.45) is 0 Å². The van der Waals surface area contributed by atoms with Gasteiger partial charge in [-0.05, 0) is 25.3 Å². The third kappa shape index (κ3) is 3.78. The summed E-state index contributed by atoms with van der Waals surface area (Å²) in [7, 11) is 0. The van der Waals surface area contributed by atoms with Crippen LogP contribution in [0.15, 0.2) is 18.2 Å². The van der Waals surface area contributed by atoms with E-state index in [1.54, 1.807) is 12.1 Å². The number of pyridine rings is 1. The molecule has 0 radical (unpaired) electrons. The van der Waals surface area contributed by atoms with Gasteiger partial charge in [0, 0.05) is 19.2 Å². The van der Waals surface area contributed by atoms with Crippen molar-refractivity contribution in [1.82, 2.24) is 4.98 Å². The van der Waals surface area contributed by atoms with Gasteiger partial charge in [0.2, 0.25) is 5.88 Å². The molecule has 0 unspecified atom stereocenters. The minimum Gasteiger partial charge on any atom is -0.468 e. The van der Waals surface area contributed by atoms with E-state index in [0.717, 1.165) is 25.9 Å². The molecule has 2 heterocycles. The zero-order valence-electron chi connectivity index (χ0n) is 9.91. The molecule has 0 aliphatic carbocycles. The van der Waals surface area contributed by atoms with Crippen molar-refractivity contribution in [2.45, 2.75) is 25.4 Å². The van der Waals surface area contributed by atoms with Crippen LogP contribution in [0.25, 0.3) is 0 Å². The first kappa shape index (κ1) is 13.0. The molecule has 0 spiro atoms. The third-order valence-corrected chi connectivity index (χ3v) is 2.77. The van der Waals surface area contributed by atoms with Gasteiger partial charge in [-0.2, -0.15) is 18.2 Å². The minimum absolute atomic E-state index is 0.0235. The van der Waals surface area contributed by atoms with Crippen LogP contribution in [0.5, 0.6) is 5.88 Å². The smallest absolute Gasteiger partial charge is 0.422 e. The molecule has 1 aliphatic rings.